The van der Waals surface area contributed by atoms with Crippen molar-refractivity contribution >= 4 is 0 Å². The lowest BCUT2D eigenvalue weighted by Crippen LogP contribution is -2.13. The van der Waals surface area contributed by atoms with Crippen LogP contribution in [0.4, 0.5) is 0 Å². The van der Waals surface area contributed by atoms with E-state index in [9.17, 15) is 0 Å². The number of rotatable bonds is 4. The first-order valence-electron chi connectivity index (χ1n) is 5.08. The first-order chi connectivity index (χ1) is 6.69. The summed E-state index contributed by atoms with van der Waals surface area (Å²) in [6.07, 6.45) is 1.92. The Hall–Kier alpha value is -1.08. The molecular formula is C13H19N. The molecule has 1 N–H and O–H groups in total. The molecule has 0 aliphatic rings. The van der Waals surface area contributed by atoms with Gasteiger partial charge in [0.1, 0.15) is 0 Å². The molecule has 1 atom stereocenters. The van der Waals surface area contributed by atoms with Crippen molar-refractivity contribution in [2.24, 2.45) is 0 Å². The highest BCUT2D eigenvalue weighted by atomic mass is 14.9. The van der Waals surface area contributed by atoms with Crippen LogP contribution < -0.4 is 5.32 Å². The predicted octanol–water partition coefficient (Wildman–Crippen LogP) is 3.26. The van der Waals surface area contributed by atoms with Gasteiger partial charge in [-0.1, -0.05) is 44.2 Å². The maximum absolute atomic E-state index is 3.80. The second-order valence-corrected chi connectivity index (χ2v) is 3.82. The second-order valence-electron chi connectivity index (χ2n) is 3.82. The highest BCUT2D eigenvalue weighted by Gasteiger charge is 2.04. The number of hydrogen-bond acceptors (Lipinski definition) is 1. The van der Waals surface area contributed by atoms with Crippen LogP contribution in [-0.4, -0.2) is 7.05 Å². The SMILES string of the molecule is C=CC(NC)c1ccc(C(C)C)cc1. The fourth-order valence-corrected chi connectivity index (χ4v) is 1.51. The van der Waals surface area contributed by atoms with E-state index in [2.05, 4.69) is 50.0 Å². The van der Waals surface area contributed by atoms with E-state index < -0.39 is 0 Å². The third-order valence-corrected chi connectivity index (χ3v) is 2.51. The molecule has 0 saturated heterocycles. The van der Waals surface area contributed by atoms with E-state index in [-0.39, 0.29) is 6.04 Å². The molecule has 1 rings (SSSR count). The van der Waals surface area contributed by atoms with Gasteiger partial charge in [0.2, 0.25) is 0 Å². The summed E-state index contributed by atoms with van der Waals surface area (Å²) in [4.78, 5) is 0. The quantitative estimate of drug-likeness (QED) is 0.717. The van der Waals surface area contributed by atoms with Gasteiger partial charge in [0.15, 0.2) is 0 Å². The largest absolute Gasteiger partial charge is 0.310 e. The van der Waals surface area contributed by atoms with Crippen molar-refractivity contribution in [3.05, 3.63) is 48.0 Å². The van der Waals surface area contributed by atoms with Gasteiger partial charge in [-0.3, -0.25) is 0 Å². The monoisotopic (exact) mass is 189 g/mol. The highest BCUT2D eigenvalue weighted by Crippen LogP contribution is 2.18. The van der Waals surface area contributed by atoms with Crippen molar-refractivity contribution in [1.82, 2.24) is 5.32 Å². The van der Waals surface area contributed by atoms with Crippen molar-refractivity contribution in [2.75, 3.05) is 7.05 Å². The molecule has 0 aliphatic heterocycles. The molecule has 1 aromatic carbocycles. The van der Waals surface area contributed by atoms with Crippen LogP contribution in [0.15, 0.2) is 36.9 Å². The number of likely N-dealkylation sites (N-methyl/N-ethyl adjacent to an activating group) is 1. The maximum atomic E-state index is 3.80. The normalized spacial score (nSPS) is 12.9. The summed E-state index contributed by atoms with van der Waals surface area (Å²) >= 11 is 0. The van der Waals surface area contributed by atoms with Gasteiger partial charge in [-0.05, 0) is 24.1 Å². The van der Waals surface area contributed by atoms with Gasteiger partial charge in [-0.2, -0.15) is 0 Å². The summed E-state index contributed by atoms with van der Waals surface area (Å²) in [5.41, 5.74) is 2.65. The molecule has 0 radical (unpaired) electrons. The van der Waals surface area contributed by atoms with Gasteiger partial charge in [-0.15, -0.1) is 6.58 Å². The van der Waals surface area contributed by atoms with E-state index in [0.29, 0.717) is 5.92 Å². The molecule has 0 saturated carbocycles. The zero-order valence-corrected chi connectivity index (χ0v) is 9.25. The number of nitrogens with one attached hydrogen (secondary N) is 1. The number of benzene rings is 1. The minimum absolute atomic E-state index is 0.260. The summed E-state index contributed by atoms with van der Waals surface area (Å²) in [6.45, 7) is 8.22. The molecule has 1 aromatic rings. The fraction of sp³-hybridized carbons (Fsp3) is 0.385. The Bertz CT molecular complexity index is 285. The highest BCUT2D eigenvalue weighted by molar-refractivity contribution is 5.28. The Labute approximate surface area is 86.8 Å². The second kappa shape index (κ2) is 4.97. The van der Waals surface area contributed by atoms with Crippen LogP contribution in [-0.2, 0) is 0 Å². The molecule has 0 bridgehead atoms. The number of hydrogen-bond donors (Lipinski definition) is 1. The Balaban J connectivity index is 2.87. The van der Waals surface area contributed by atoms with Crippen LogP contribution in [0.1, 0.15) is 36.9 Å². The van der Waals surface area contributed by atoms with Gasteiger partial charge >= 0.3 is 0 Å². The van der Waals surface area contributed by atoms with Crippen LogP contribution >= 0.6 is 0 Å². The third-order valence-electron chi connectivity index (χ3n) is 2.51. The van der Waals surface area contributed by atoms with Gasteiger partial charge in [0.05, 0.1) is 6.04 Å². The summed E-state index contributed by atoms with van der Waals surface area (Å²) in [5.74, 6) is 0.598. The molecule has 0 fully saturated rings. The van der Waals surface area contributed by atoms with Crippen LogP contribution in [0, 0.1) is 0 Å². The van der Waals surface area contributed by atoms with Gasteiger partial charge in [0.25, 0.3) is 0 Å². The summed E-state index contributed by atoms with van der Waals surface area (Å²) in [7, 11) is 1.95. The van der Waals surface area contributed by atoms with Crippen molar-refractivity contribution in [2.45, 2.75) is 25.8 Å². The van der Waals surface area contributed by atoms with Crippen LogP contribution in [0.2, 0.25) is 0 Å². The van der Waals surface area contributed by atoms with E-state index in [1.165, 1.54) is 11.1 Å². The lowest BCUT2D eigenvalue weighted by atomic mass is 9.99. The minimum Gasteiger partial charge on any atom is -0.310 e. The molecule has 0 spiro atoms. The molecule has 1 unspecified atom stereocenters. The average molecular weight is 189 g/mol. The Morgan fingerprint density at radius 1 is 1.14 bits per heavy atom. The Morgan fingerprint density at radius 2 is 1.64 bits per heavy atom. The van der Waals surface area contributed by atoms with E-state index >= 15 is 0 Å². The van der Waals surface area contributed by atoms with Gasteiger partial charge in [0, 0.05) is 0 Å². The zero-order valence-electron chi connectivity index (χ0n) is 9.25. The molecule has 0 amide bonds. The first-order valence-corrected chi connectivity index (χ1v) is 5.08. The van der Waals surface area contributed by atoms with Crippen LogP contribution in [0.5, 0.6) is 0 Å². The molecule has 0 heterocycles. The van der Waals surface area contributed by atoms with Crippen molar-refractivity contribution < 1.29 is 0 Å². The summed E-state index contributed by atoms with van der Waals surface area (Å²) in [6, 6.07) is 8.97. The van der Waals surface area contributed by atoms with Crippen LogP contribution in [0.25, 0.3) is 0 Å². The zero-order chi connectivity index (χ0) is 10.6. The molecule has 76 valence electrons. The van der Waals surface area contributed by atoms with Crippen LogP contribution in [0.3, 0.4) is 0 Å². The minimum atomic E-state index is 0.260. The smallest absolute Gasteiger partial charge is 0.0501 e. The van der Waals surface area contributed by atoms with Crippen molar-refractivity contribution in [3.63, 3.8) is 0 Å². The van der Waals surface area contributed by atoms with Gasteiger partial charge < -0.3 is 5.32 Å². The van der Waals surface area contributed by atoms with Crippen molar-refractivity contribution in [1.29, 1.82) is 0 Å². The predicted molar refractivity (Wildman–Crippen MR) is 62.5 cm³/mol. The lowest BCUT2D eigenvalue weighted by Gasteiger charge is -2.13. The fourth-order valence-electron chi connectivity index (χ4n) is 1.51. The molecule has 0 aliphatic carbocycles. The van der Waals surface area contributed by atoms with E-state index in [0.717, 1.165) is 0 Å². The topological polar surface area (TPSA) is 12.0 Å². The average Bonchev–Trinajstić information content (AvgIpc) is 2.20. The Morgan fingerprint density at radius 3 is 2.00 bits per heavy atom. The maximum Gasteiger partial charge on any atom is 0.0501 e. The van der Waals surface area contributed by atoms with E-state index in [1.54, 1.807) is 0 Å². The summed E-state index contributed by atoms with van der Waals surface area (Å²) < 4.78 is 0. The lowest BCUT2D eigenvalue weighted by molar-refractivity contribution is 0.715. The first kappa shape index (κ1) is 11.0. The molecule has 1 nitrogen and oxygen atoms in total. The summed E-state index contributed by atoms with van der Waals surface area (Å²) in [5, 5.41) is 3.20. The molecular weight excluding hydrogens is 170 g/mol. The van der Waals surface area contributed by atoms with E-state index in [1.807, 2.05) is 13.1 Å². The molecule has 1 heteroatoms. The van der Waals surface area contributed by atoms with Crippen molar-refractivity contribution in [3.8, 4) is 0 Å². The molecule has 0 aromatic heterocycles. The van der Waals surface area contributed by atoms with Gasteiger partial charge in [-0.25, -0.2) is 0 Å². The van der Waals surface area contributed by atoms with E-state index in [4.69, 9.17) is 0 Å². The third kappa shape index (κ3) is 2.46. The molecule has 14 heavy (non-hydrogen) atoms. The standard InChI is InChI=1S/C13H19N/c1-5-13(14-4)12-8-6-11(7-9-12)10(2)3/h5-10,13-14H,1H2,2-4H3. The Kier molecular flexibility index (Phi) is 3.90.